The molecule has 1 aliphatic heterocycles. The molecule has 0 spiro atoms. The number of ether oxygens (including phenoxy) is 2. The van der Waals surface area contributed by atoms with Crippen LogP contribution < -0.4 is 9.47 Å². The lowest BCUT2D eigenvalue weighted by Gasteiger charge is -2.23. The first-order valence-corrected chi connectivity index (χ1v) is 11.0. The maximum absolute atomic E-state index is 5.91. The van der Waals surface area contributed by atoms with Crippen molar-refractivity contribution in [3.05, 3.63) is 82.1 Å². The van der Waals surface area contributed by atoms with Crippen LogP contribution in [0.5, 0.6) is 11.5 Å². The van der Waals surface area contributed by atoms with Crippen molar-refractivity contribution in [3.63, 3.8) is 0 Å². The summed E-state index contributed by atoms with van der Waals surface area (Å²) in [5, 5.41) is 11.9. The summed E-state index contributed by atoms with van der Waals surface area (Å²) in [6, 6.07) is 17.9. The number of para-hydroxylation sites is 2. The average molecular weight is 424 g/mol. The fraction of sp³-hybridized carbons (Fsp3) is 0.190. The van der Waals surface area contributed by atoms with Gasteiger partial charge in [-0.2, -0.15) is 0 Å². The van der Waals surface area contributed by atoms with E-state index >= 15 is 0 Å². The molecule has 1 aliphatic rings. The molecule has 2 aromatic carbocycles. The second-order valence-corrected chi connectivity index (χ2v) is 8.32. The largest absolute Gasteiger partial charge is 0.485 e. The molecular weight excluding hydrogens is 406 g/mol. The third-order valence-corrected chi connectivity index (χ3v) is 6.10. The topological polar surface area (TPSA) is 70.3 Å². The predicted molar refractivity (Wildman–Crippen MR) is 111 cm³/mol. The summed E-state index contributed by atoms with van der Waals surface area (Å²) >= 11 is 3.14. The molecule has 0 saturated heterocycles. The van der Waals surface area contributed by atoms with Gasteiger partial charge in [-0.25, -0.2) is 4.98 Å². The Morgan fingerprint density at radius 2 is 1.83 bits per heavy atom. The monoisotopic (exact) mass is 423 g/mol. The highest BCUT2D eigenvalue weighted by molar-refractivity contribution is 7.98. The van der Waals surface area contributed by atoms with Crippen LogP contribution in [0.1, 0.15) is 28.3 Å². The molecule has 4 aromatic rings. The summed E-state index contributed by atoms with van der Waals surface area (Å²) in [5.41, 5.74) is 2.27. The van der Waals surface area contributed by atoms with Gasteiger partial charge in [0.05, 0.1) is 10.7 Å². The van der Waals surface area contributed by atoms with Gasteiger partial charge < -0.3 is 13.9 Å². The lowest BCUT2D eigenvalue weighted by Crippen LogP contribution is -2.21. The van der Waals surface area contributed by atoms with E-state index in [1.54, 1.807) is 11.3 Å². The number of benzene rings is 2. The van der Waals surface area contributed by atoms with Crippen LogP contribution in [0.15, 0.2) is 69.6 Å². The molecule has 6 nitrogen and oxygen atoms in total. The maximum atomic E-state index is 5.91. The van der Waals surface area contributed by atoms with Gasteiger partial charge >= 0.3 is 0 Å². The molecule has 29 heavy (non-hydrogen) atoms. The highest BCUT2D eigenvalue weighted by Crippen LogP contribution is 2.36. The molecule has 5 rings (SSSR count). The number of rotatable bonds is 6. The molecule has 0 amide bonds. The van der Waals surface area contributed by atoms with Crippen molar-refractivity contribution < 1.29 is 13.9 Å². The van der Waals surface area contributed by atoms with E-state index in [1.807, 2.05) is 42.5 Å². The van der Waals surface area contributed by atoms with Crippen LogP contribution in [0.3, 0.4) is 0 Å². The molecule has 0 fully saturated rings. The number of thioether (sulfide) groups is 1. The van der Waals surface area contributed by atoms with E-state index in [1.165, 1.54) is 17.3 Å². The predicted octanol–water partition coefficient (Wildman–Crippen LogP) is 4.92. The van der Waals surface area contributed by atoms with E-state index in [0.717, 1.165) is 22.9 Å². The zero-order valence-corrected chi connectivity index (χ0v) is 17.0. The second kappa shape index (κ2) is 8.26. The van der Waals surface area contributed by atoms with Gasteiger partial charge in [-0.05, 0) is 17.7 Å². The Kier molecular flexibility index (Phi) is 5.19. The van der Waals surface area contributed by atoms with E-state index in [2.05, 4.69) is 27.7 Å². The number of nitrogens with zero attached hydrogens (tertiary/aromatic N) is 3. The summed E-state index contributed by atoms with van der Waals surface area (Å²) in [6.07, 6.45) is 0.449. The van der Waals surface area contributed by atoms with Gasteiger partial charge in [-0.15, -0.1) is 21.5 Å². The quantitative estimate of drug-likeness (QED) is 0.408. The molecule has 2 aromatic heterocycles. The van der Waals surface area contributed by atoms with Crippen LogP contribution in [-0.2, 0) is 12.2 Å². The minimum absolute atomic E-state index is 0.345. The smallest absolute Gasteiger partial charge is 0.277 e. The van der Waals surface area contributed by atoms with Gasteiger partial charge in [0.15, 0.2) is 11.5 Å². The summed E-state index contributed by atoms with van der Waals surface area (Å²) in [6.45, 7) is 0.345. The summed E-state index contributed by atoms with van der Waals surface area (Å²) < 4.78 is 17.4. The minimum atomic E-state index is -0.400. The molecule has 3 heterocycles. The normalized spacial score (nSPS) is 15.4. The SMILES string of the molecule is c1ccc(Cc2nc(CSc3nnc(C4COc5ccccc5O4)o3)cs2)cc1. The average Bonchev–Trinajstić information content (AvgIpc) is 3.42. The molecule has 146 valence electrons. The first-order chi connectivity index (χ1) is 14.3. The molecule has 0 saturated carbocycles. The van der Waals surface area contributed by atoms with Crippen molar-refractivity contribution >= 4 is 23.1 Å². The number of thiazole rings is 1. The van der Waals surface area contributed by atoms with Crippen molar-refractivity contribution in [2.45, 2.75) is 23.5 Å². The van der Waals surface area contributed by atoms with Gasteiger partial charge in [0.1, 0.15) is 6.61 Å². The fourth-order valence-corrected chi connectivity index (χ4v) is 4.55. The van der Waals surface area contributed by atoms with Crippen LogP contribution in [0.4, 0.5) is 0 Å². The molecule has 0 N–H and O–H groups in total. The Morgan fingerprint density at radius 3 is 2.72 bits per heavy atom. The Morgan fingerprint density at radius 1 is 1.00 bits per heavy atom. The summed E-state index contributed by atoms with van der Waals surface area (Å²) in [5.74, 6) is 2.51. The van der Waals surface area contributed by atoms with Crippen LogP contribution in [-0.4, -0.2) is 21.8 Å². The van der Waals surface area contributed by atoms with E-state index in [-0.39, 0.29) is 0 Å². The van der Waals surface area contributed by atoms with Gasteiger partial charge in [0.2, 0.25) is 6.10 Å². The van der Waals surface area contributed by atoms with Crippen LogP contribution in [0.25, 0.3) is 0 Å². The van der Waals surface area contributed by atoms with Crippen LogP contribution in [0.2, 0.25) is 0 Å². The Bertz CT molecular complexity index is 1100. The van der Waals surface area contributed by atoms with Crippen LogP contribution in [0, 0.1) is 0 Å². The first kappa shape index (κ1) is 18.2. The van der Waals surface area contributed by atoms with Crippen molar-refractivity contribution in [2.75, 3.05) is 6.61 Å². The van der Waals surface area contributed by atoms with E-state index < -0.39 is 6.10 Å². The third-order valence-electron chi connectivity index (χ3n) is 4.35. The highest BCUT2D eigenvalue weighted by atomic mass is 32.2. The number of aromatic nitrogens is 3. The lowest BCUT2D eigenvalue weighted by molar-refractivity contribution is 0.0686. The van der Waals surface area contributed by atoms with Crippen molar-refractivity contribution in [1.82, 2.24) is 15.2 Å². The van der Waals surface area contributed by atoms with Gasteiger partial charge in [-0.1, -0.05) is 54.2 Å². The molecule has 8 heteroatoms. The van der Waals surface area contributed by atoms with Crippen LogP contribution >= 0.6 is 23.1 Å². The second-order valence-electron chi connectivity index (χ2n) is 6.45. The summed E-state index contributed by atoms with van der Waals surface area (Å²) in [4.78, 5) is 4.71. The molecule has 0 bridgehead atoms. The minimum Gasteiger partial charge on any atom is -0.485 e. The van der Waals surface area contributed by atoms with Gasteiger partial charge in [0.25, 0.3) is 11.1 Å². The molecule has 1 unspecified atom stereocenters. The zero-order valence-electron chi connectivity index (χ0n) is 15.4. The zero-order chi connectivity index (χ0) is 19.5. The van der Waals surface area contributed by atoms with Crippen molar-refractivity contribution in [1.29, 1.82) is 0 Å². The van der Waals surface area contributed by atoms with Crippen molar-refractivity contribution in [2.24, 2.45) is 0 Å². The maximum Gasteiger partial charge on any atom is 0.277 e. The Balaban J connectivity index is 1.18. The molecular formula is C21H17N3O3S2. The molecule has 0 aliphatic carbocycles. The summed E-state index contributed by atoms with van der Waals surface area (Å²) in [7, 11) is 0. The van der Waals surface area contributed by atoms with E-state index in [0.29, 0.717) is 29.2 Å². The highest BCUT2D eigenvalue weighted by Gasteiger charge is 2.27. The fourth-order valence-electron chi connectivity index (χ4n) is 2.95. The number of fused-ring (bicyclic) bond motifs is 1. The Hall–Kier alpha value is -2.84. The van der Waals surface area contributed by atoms with Crippen molar-refractivity contribution in [3.8, 4) is 11.5 Å². The standard InChI is InChI=1S/C21H17N3O3S2/c1-2-6-14(7-3-1)10-19-22-15(12-28-19)13-29-21-24-23-20(27-21)18-11-25-16-8-4-5-9-17(16)26-18/h1-9,12,18H,10-11,13H2. The molecule has 1 atom stereocenters. The first-order valence-electron chi connectivity index (χ1n) is 9.15. The molecule has 0 radical (unpaired) electrons. The van der Waals surface area contributed by atoms with E-state index in [4.69, 9.17) is 18.9 Å². The van der Waals surface area contributed by atoms with Gasteiger partial charge in [0, 0.05) is 17.6 Å². The Labute approximate surface area is 175 Å². The third kappa shape index (κ3) is 4.28. The van der Waals surface area contributed by atoms with Gasteiger partial charge in [-0.3, -0.25) is 0 Å². The number of hydrogen-bond donors (Lipinski definition) is 0. The number of hydrogen-bond acceptors (Lipinski definition) is 8. The lowest BCUT2D eigenvalue weighted by atomic mass is 10.2. The van der Waals surface area contributed by atoms with E-state index in [9.17, 15) is 0 Å².